The van der Waals surface area contributed by atoms with E-state index in [1.807, 2.05) is 37.2 Å². The molecule has 5 nitrogen and oxygen atoms in total. The number of hydrogen-bond acceptors (Lipinski definition) is 4. The van der Waals surface area contributed by atoms with Crippen molar-refractivity contribution < 1.29 is 4.79 Å². The Balaban J connectivity index is 1.99. The molecule has 0 spiro atoms. The molecule has 1 aromatic carbocycles. The third-order valence-corrected chi connectivity index (χ3v) is 3.72. The van der Waals surface area contributed by atoms with Crippen LogP contribution >= 0.6 is 0 Å². The van der Waals surface area contributed by atoms with Gasteiger partial charge in [-0.25, -0.2) is 4.98 Å². The fourth-order valence-corrected chi connectivity index (χ4v) is 2.13. The third-order valence-electron chi connectivity index (χ3n) is 3.72. The number of hydrogen-bond donors (Lipinski definition) is 2. The average molecular weight is 312 g/mol. The first-order valence-electron chi connectivity index (χ1n) is 7.69. The number of pyridine rings is 1. The van der Waals surface area contributed by atoms with Gasteiger partial charge in [0, 0.05) is 18.8 Å². The highest BCUT2D eigenvalue weighted by Gasteiger charge is 2.07. The zero-order valence-electron chi connectivity index (χ0n) is 14.2. The van der Waals surface area contributed by atoms with Gasteiger partial charge in [0.15, 0.2) is 0 Å². The molecule has 1 amide bonds. The smallest absolute Gasteiger partial charge is 0.269 e. The lowest BCUT2D eigenvalue weighted by atomic mass is 10.1. The Kier molecular flexibility index (Phi) is 5.71. The maximum Gasteiger partial charge on any atom is 0.269 e. The Morgan fingerprint density at radius 1 is 1.17 bits per heavy atom. The zero-order valence-corrected chi connectivity index (χ0v) is 14.2. The van der Waals surface area contributed by atoms with E-state index in [9.17, 15) is 4.79 Å². The standard InChI is InChI=1S/C18H24N4O/c1-13-6-5-7-16(14(13)2)21-15-8-9-17(20-12-15)18(23)19-10-11-22(3)4/h5-9,12,21H,10-11H2,1-4H3,(H,19,23). The number of aryl methyl sites for hydroxylation is 1. The minimum Gasteiger partial charge on any atom is -0.354 e. The molecule has 0 aliphatic heterocycles. The molecule has 2 N–H and O–H groups in total. The number of rotatable bonds is 6. The molecule has 0 unspecified atom stereocenters. The maximum atomic E-state index is 12.0. The summed E-state index contributed by atoms with van der Waals surface area (Å²) in [6, 6.07) is 9.74. The molecule has 2 aromatic rings. The summed E-state index contributed by atoms with van der Waals surface area (Å²) < 4.78 is 0. The minimum atomic E-state index is -0.148. The van der Waals surface area contributed by atoms with E-state index in [-0.39, 0.29) is 5.91 Å². The van der Waals surface area contributed by atoms with Crippen molar-refractivity contribution in [3.05, 3.63) is 53.3 Å². The molecule has 5 heteroatoms. The predicted molar refractivity (Wildman–Crippen MR) is 94.3 cm³/mol. The molecule has 0 bridgehead atoms. The van der Waals surface area contributed by atoms with Crippen LogP contribution in [0.3, 0.4) is 0 Å². The van der Waals surface area contributed by atoms with Crippen LogP contribution in [-0.4, -0.2) is 43.0 Å². The number of nitrogens with zero attached hydrogens (tertiary/aromatic N) is 2. The molecule has 0 atom stereocenters. The van der Waals surface area contributed by atoms with E-state index in [4.69, 9.17) is 0 Å². The lowest BCUT2D eigenvalue weighted by Crippen LogP contribution is -2.31. The SMILES string of the molecule is Cc1cccc(Nc2ccc(C(=O)NCCN(C)C)nc2)c1C. The van der Waals surface area contributed by atoms with Crippen LogP contribution in [0.2, 0.25) is 0 Å². The van der Waals surface area contributed by atoms with Crippen molar-refractivity contribution in [2.45, 2.75) is 13.8 Å². The Labute approximate surface area is 137 Å². The van der Waals surface area contributed by atoms with Crippen molar-refractivity contribution in [3.63, 3.8) is 0 Å². The van der Waals surface area contributed by atoms with Crippen LogP contribution in [0, 0.1) is 13.8 Å². The summed E-state index contributed by atoms with van der Waals surface area (Å²) in [6.45, 7) is 5.58. The molecule has 0 aliphatic rings. The van der Waals surface area contributed by atoms with Gasteiger partial charge in [-0.15, -0.1) is 0 Å². The Hall–Kier alpha value is -2.40. The second kappa shape index (κ2) is 7.74. The number of aromatic nitrogens is 1. The van der Waals surface area contributed by atoms with Crippen molar-refractivity contribution in [2.75, 3.05) is 32.5 Å². The van der Waals surface area contributed by atoms with Crippen molar-refractivity contribution in [2.24, 2.45) is 0 Å². The van der Waals surface area contributed by atoms with Gasteiger partial charge in [-0.3, -0.25) is 4.79 Å². The van der Waals surface area contributed by atoms with E-state index in [2.05, 4.69) is 35.5 Å². The number of benzene rings is 1. The van der Waals surface area contributed by atoms with Crippen molar-refractivity contribution in [1.29, 1.82) is 0 Å². The summed E-state index contributed by atoms with van der Waals surface area (Å²) in [6.07, 6.45) is 1.68. The first-order valence-corrected chi connectivity index (χ1v) is 7.69. The van der Waals surface area contributed by atoms with Crippen LogP contribution in [0.15, 0.2) is 36.5 Å². The topological polar surface area (TPSA) is 57.3 Å². The summed E-state index contributed by atoms with van der Waals surface area (Å²) in [4.78, 5) is 18.2. The first kappa shape index (κ1) is 17.0. The van der Waals surface area contributed by atoms with E-state index < -0.39 is 0 Å². The molecular weight excluding hydrogens is 288 g/mol. The first-order chi connectivity index (χ1) is 11.0. The number of carbonyl (C=O) groups excluding carboxylic acids is 1. The van der Waals surface area contributed by atoms with Crippen LogP contribution in [0.4, 0.5) is 11.4 Å². The monoisotopic (exact) mass is 312 g/mol. The van der Waals surface area contributed by atoms with Crippen molar-refractivity contribution in [3.8, 4) is 0 Å². The molecule has 122 valence electrons. The van der Waals surface area contributed by atoms with Gasteiger partial charge in [-0.2, -0.15) is 0 Å². The predicted octanol–water partition coefficient (Wildman–Crippen LogP) is 2.73. The van der Waals surface area contributed by atoms with Gasteiger partial charge < -0.3 is 15.5 Å². The highest BCUT2D eigenvalue weighted by atomic mass is 16.1. The summed E-state index contributed by atoms with van der Waals surface area (Å²) >= 11 is 0. The van der Waals surface area contributed by atoms with Gasteiger partial charge in [0.1, 0.15) is 5.69 Å². The second-order valence-electron chi connectivity index (χ2n) is 5.86. The Bertz CT molecular complexity index is 665. The van der Waals surface area contributed by atoms with E-state index >= 15 is 0 Å². The number of likely N-dealkylation sites (N-methyl/N-ethyl adjacent to an activating group) is 1. The third kappa shape index (κ3) is 4.79. The molecule has 23 heavy (non-hydrogen) atoms. The minimum absolute atomic E-state index is 0.148. The normalized spacial score (nSPS) is 10.7. The maximum absolute atomic E-state index is 12.0. The molecule has 0 saturated heterocycles. The summed E-state index contributed by atoms with van der Waals surface area (Å²) in [5.41, 5.74) is 4.78. The van der Waals surface area contributed by atoms with Crippen LogP contribution in [-0.2, 0) is 0 Å². The van der Waals surface area contributed by atoms with E-state index in [1.54, 1.807) is 12.3 Å². The van der Waals surface area contributed by atoms with Gasteiger partial charge in [-0.05, 0) is 57.3 Å². The number of nitrogens with one attached hydrogen (secondary N) is 2. The van der Waals surface area contributed by atoms with Crippen LogP contribution < -0.4 is 10.6 Å². The van der Waals surface area contributed by atoms with Crippen LogP contribution in [0.1, 0.15) is 21.6 Å². The molecule has 0 aliphatic carbocycles. The summed E-state index contributed by atoms with van der Waals surface area (Å²) in [5, 5.41) is 6.19. The van der Waals surface area contributed by atoms with Crippen molar-refractivity contribution in [1.82, 2.24) is 15.2 Å². The van der Waals surface area contributed by atoms with E-state index in [0.717, 1.165) is 17.9 Å². The number of anilines is 2. The molecule has 1 heterocycles. The quantitative estimate of drug-likeness (QED) is 0.861. The van der Waals surface area contributed by atoms with Crippen LogP contribution in [0.25, 0.3) is 0 Å². The molecular formula is C18H24N4O. The van der Waals surface area contributed by atoms with Gasteiger partial charge in [0.25, 0.3) is 5.91 Å². The summed E-state index contributed by atoms with van der Waals surface area (Å²) in [5.74, 6) is -0.148. The molecule has 2 rings (SSSR count). The van der Waals surface area contributed by atoms with Gasteiger partial charge in [0.05, 0.1) is 11.9 Å². The van der Waals surface area contributed by atoms with Crippen molar-refractivity contribution >= 4 is 17.3 Å². The largest absolute Gasteiger partial charge is 0.354 e. The fraction of sp³-hybridized carbons (Fsp3) is 0.333. The van der Waals surface area contributed by atoms with E-state index in [0.29, 0.717) is 12.2 Å². The average Bonchev–Trinajstić information content (AvgIpc) is 2.52. The molecule has 1 aromatic heterocycles. The second-order valence-corrected chi connectivity index (χ2v) is 5.86. The van der Waals surface area contributed by atoms with Gasteiger partial charge in [-0.1, -0.05) is 12.1 Å². The van der Waals surface area contributed by atoms with E-state index in [1.165, 1.54) is 11.1 Å². The summed E-state index contributed by atoms with van der Waals surface area (Å²) in [7, 11) is 3.94. The Morgan fingerprint density at radius 2 is 1.96 bits per heavy atom. The van der Waals surface area contributed by atoms with Crippen LogP contribution in [0.5, 0.6) is 0 Å². The zero-order chi connectivity index (χ0) is 16.8. The molecule has 0 fully saturated rings. The highest BCUT2D eigenvalue weighted by Crippen LogP contribution is 2.22. The van der Waals surface area contributed by atoms with Gasteiger partial charge >= 0.3 is 0 Å². The fourth-order valence-electron chi connectivity index (χ4n) is 2.13. The lowest BCUT2D eigenvalue weighted by Gasteiger charge is -2.12. The molecule has 0 radical (unpaired) electrons. The van der Waals surface area contributed by atoms with Gasteiger partial charge in [0.2, 0.25) is 0 Å². The molecule has 0 saturated carbocycles. The number of carbonyl (C=O) groups is 1. The Morgan fingerprint density at radius 3 is 2.61 bits per heavy atom. The highest BCUT2D eigenvalue weighted by molar-refractivity contribution is 5.92. The number of amides is 1. The lowest BCUT2D eigenvalue weighted by molar-refractivity contribution is 0.0946.